The van der Waals surface area contributed by atoms with E-state index >= 15 is 0 Å². The molecule has 5 atom stereocenters. The first-order valence-electron chi connectivity index (χ1n) is 46.1. The molecule has 0 aliphatic carbocycles. The van der Waals surface area contributed by atoms with Gasteiger partial charge in [0, 0.05) is 19.3 Å². The lowest BCUT2D eigenvalue weighted by Gasteiger charge is -2.21. The third-order valence-electron chi connectivity index (χ3n) is 19.1. The second-order valence-corrected chi connectivity index (χ2v) is 33.2. The smallest absolute Gasteiger partial charge is 0.463 e. The van der Waals surface area contributed by atoms with E-state index in [0.29, 0.717) is 25.7 Å². The van der Waals surface area contributed by atoms with Crippen LogP contribution in [0.2, 0.25) is 0 Å². The topological polar surface area (TPSA) is 231 Å². The van der Waals surface area contributed by atoms with Gasteiger partial charge in [-0.3, -0.25) is 32.5 Å². The van der Waals surface area contributed by atoms with E-state index in [9.17, 15) is 43.5 Å². The second kappa shape index (κ2) is 89.9. The summed E-state index contributed by atoms with van der Waals surface area (Å²) in [6.45, 7) is 2.39. The molecule has 0 saturated carbocycles. The Bertz CT molecular complexity index is 2860. The molecule has 0 aliphatic heterocycles. The lowest BCUT2D eigenvalue weighted by Crippen LogP contribution is -2.30. The van der Waals surface area contributed by atoms with Crippen LogP contribution < -0.4 is 0 Å². The van der Waals surface area contributed by atoms with Gasteiger partial charge >= 0.3 is 33.6 Å². The summed E-state index contributed by atoms with van der Waals surface area (Å²) in [6.07, 6.45) is 118. The number of phosphoric ester groups is 2. The molecule has 0 aliphatic rings. The Kier molecular flexibility index (Phi) is 85.8. The molecule has 0 spiro atoms. The second-order valence-electron chi connectivity index (χ2n) is 30.3. The molecule has 18 heteroatoms. The first-order valence-corrected chi connectivity index (χ1v) is 49.1. The predicted molar refractivity (Wildman–Crippen MR) is 491 cm³/mol. The van der Waals surface area contributed by atoms with E-state index in [1.807, 2.05) is 0 Å². The average molecular weight is 1670 g/mol. The average Bonchev–Trinajstić information content (AvgIpc) is 0.902. The van der Waals surface area contributed by atoms with Gasteiger partial charge in [-0.2, -0.15) is 0 Å². The molecule has 0 aromatic carbocycles. The zero-order valence-corrected chi connectivity index (χ0v) is 75.4. The van der Waals surface area contributed by atoms with Crippen molar-refractivity contribution in [3.05, 3.63) is 182 Å². The molecule has 0 bridgehead atoms. The number of esters is 3. The molecule has 0 radical (unpaired) electrons. The summed E-state index contributed by atoms with van der Waals surface area (Å²) in [5.74, 6) is -1.63. The summed E-state index contributed by atoms with van der Waals surface area (Å²) < 4.78 is 61.4. The number of allylic oxidation sites excluding steroid dienone is 30. The minimum absolute atomic E-state index is 0.0420. The number of phosphoric acid groups is 2. The summed E-state index contributed by atoms with van der Waals surface area (Å²) in [5.41, 5.74) is 0. The van der Waals surface area contributed by atoms with Crippen LogP contribution in [-0.4, -0.2) is 95.9 Å². The molecular weight excluding hydrogens is 1510 g/mol. The highest BCUT2D eigenvalue weighted by molar-refractivity contribution is 7.47. The van der Waals surface area contributed by atoms with Gasteiger partial charge in [-0.15, -0.1) is 0 Å². The molecule has 117 heavy (non-hydrogen) atoms. The Balaban J connectivity index is 4.56. The number of aliphatic hydroxyl groups excluding tert-OH is 2. The highest BCUT2D eigenvalue weighted by atomic mass is 31.2. The van der Waals surface area contributed by atoms with Crippen molar-refractivity contribution in [1.82, 2.24) is 0 Å². The Morgan fingerprint density at radius 1 is 0.248 bits per heavy atom. The van der Waals surface area contributed by atoms with Crippen molar-refractivity contribution < 1.29 is 75.8 Å². The lowest BCUT2D eigenvalue weighted by atomic mass is 10.0. The summed E-state index contributed by atoms with van der Waals surface area (Å²) in [4.78, 5) is 58.9. The lowest BCUT2D eigenvalue weighted by molar-refractivity contribution is -0.161. The van der Waals surface area contributed by atoms with Crippen LogP contribution in [0.1, 0.15) is 367 Å². The van der Waals surface area contributed by atoms with Gasteiger partial charge in [-0.25, -0.2) is 9.13 Å². The van der Waals surface area contributed by atoms with E-state index in [2.05, 4.69) is 203 Å². The fraction of sp³-hybridized carbons (Fsp3) is 0.667. The molecule has 0 fully saturated rings. The van der Waals surface area contributed by atoms with Gasteiger partial charge in [0.25, 0.3) is 0 Å². The Morgan fingerprint density at radius 3 is 0.735 bits per heavy atom. The molecule has 0 aromatic heterocycles. The number of hydrogen-bond acceptors (Lipinski definition) is 14. The van der Waals surface area contributed by atoms with Gasteiger partial charge in [0.1, 0.15) is 25.4 Å². The van der Waals surface area contributed by atoms with Crippen LogP contribution in [0.3, 0.4) is 0 Å². The summed E-state index contributed by atoms with van der Waals surface area (Å²) in [6, 6.07) is 0. The predicted octanol–water partition coefficient (Wildman–Crippen LogP) is 28.4. The molecule has 4 N–H and O–H groups in total. The quantitative estimate of drug-likeness (QED) is 0.0146. The number of carbonyl (C=O) groups excluding carboxylic acids is 3. The fourth-order valence-corrected chi connectivity index (χ4v) is 13.8. The van der Waals surface area contributed by atoms with Gasteiger partial charge in [0.15, 0.2) is 6.10 Å². The van der Waals surface area contributed by atoms with Crippen molar-refractivity contribution in [2.75, 3.05) is 39.6 Å². The minimum Gasteiger partial charge on any atom is -0.463 e. The van der Waals surface area contributed by atoms with Gasteiger partial charge in [0.2, 0.25) is 0 Å². The number of rotatable bonds is 86. The Labute approximate surface area is 713 Å². The van der Waals surface area contributed by atoms with Crippen molar-refractivity contribution >= 4 is 33.6 Å². The Morgan fingerprint density at radius 2 is 0.453 bits per heavy atom. The maximum Gasteiger partial charge on any atom is 0.472 e. The highest BCUT2D eigenvalue weighted by Gasteiger charge is 2.29. The molecule has 0 rings (SSSR count). The van der Waals surface area contributed by atoms with E-state index in [0.717, 1.165) is 148 Å². The third kappa shape index (κ3) is 91.2. The third-order valence-corrected chi connectivity index (χ3v) is 21.0. The first kappa shape index (κ1) is 112. The van der Waals surface area contributed by atoms with Gasteiger partial charge in [-0.05, 0) is 161 Å². The van der Waals surface area contributed by atoms with Crippen LogP contribution in [0.15, 0.2) is 182 Å². The van der Waals surface area contributed by atoms with Crippen molar-refractivity contribution in [2.24, 2.45) is 0 Å². The first-order chi connectivity index (χ1) is 57.2. The molecule has 0 amide bonds. The maximum absolute atomic E-state index is 13.0. The standard InChI is InChI=1S/C99H166O16P2/c1-4-7-10-13-16-19-22-25-28-31-34-37-39-41-42-43-44-45-46-47-48-49-50-52-54-56-58-61-64-67-70-73-76-79-82-85-97(102)109-88-94(100)89-111-116(105,106)112-90-95(101)91-113-117(107,108)114-93-96(115-99(104)87-84-81-78-75-72-69-66-63-60-55-36-33-30-27-24-21-18-15-12-9-6-3)92-110-98(103)86-83-80-77-74-71-68-65-62-59-57-53-51-40-38-35-32-29-26-23-20-17-14-11-8-5-2/h8-9,11-12,16-21,25-30,34-38,41-42,51,53,55,63,66,72,75,94-96,100-101H,4-7,10,13-15,22-24,31-33,39-40,43-50,52,54,56-62,64-65,67-71,73-74,76-93H2,1-3H3,(H,105,106)(H,107,108)/b11-8-,12-9-,19-16-,20-17-,21-18-,28-25-,29-26-,30-27-,37-34-,38-35-,42-41-,53-51-,55-36-,66-63-,75-72-. The number of carbonyl (C=O) groups is 3. The zero-order valence-electron chi connectivity index (χ0n) is 73.6. The number of aliphatic hydroxyl groups is 2. The molecule has 0 saturated heterocycles. The van der Waals surface area contributed by atoms with E-state index in [1.165, 1.54) is 154 Å². The molecule has 5 unspecified atom stereocenters. The molecule has 16 nitrogen and oxygen atoms in total. The number of hydrogen-bond donors (Lipinski definition) is 4. The van der Waals surface area contributed by atoms with E-state index in [-0.39, 0.29) is 19.3 Å². The van der Waals surface area contributed by atoms with E-state index in [1.54, 1.807) is 0 Å². The van der Waals surface area contributed by atoms with E-state index < -0.39 is 91.5 Å². The van der Waals surface area contributed by atoms with Crippen LogP contribution in [0, 0.1) is 0 Å². The SMILES string of the molecule is CC/C=C\C/C=C\C/C=C\C/C=C\C/C=C\C/C=C\CCCCC(=O)OC(COC(=O)CCCCCCCCCCC/C=C\C/C=C\C/C=C\C/C=C\C/C=C\CC)COP(=O)(O)OCC(O)COP(=O)(O)OCC(O)COC(=O)CCCCCCCCCCCCCCCCCCCCC/C=C\C/C=C\C/C=C\C/C=C\CCCCC. The van der Waals surface area contributed by atoms with Crippen LogP contribution in [0.4, 0.5) is 0 Å². The van der Waals surface area contributed by atoms with Crippen LogP contribution >= 0.6 is 15.6 Å². The van der Waals surface area contributed by atoms with E-state index in [4.69, 9.17) is 32.3 Å². The van der Waals surface area contributed by atoms with Crippen molar-refractivity contribution in [3.8, 4) is 0 Å². The number of ether oxygens (including phenoxy) is 3. The monoisotopic (exact) mass is 1670 g/mol. The minimum atomic E-state index is -4.96. The molecular formula is C99H166O16P2. The summed E-state index contributed by atoms with van der Waals surface area (Å²) >= 11 is 0. The van der Waals surface area contributed by atoms with Crippen LogP contribution in [0.5, 0.6) is 0 Å². The van der Waals surface area contributed by atoms with Gasteiger partial charge in [-0.1, -0.05) is 370 Å². The maximum atomic E-state index is 13.0. The Hall–Kier alpha value is -5.35. The largest absolute Gasteiger partial charge is 0.472 e. The van der Waals surface area contributed by atoms with Crippen molar-refractivity contribution in [3.63, 3.8) is 0 Å². The highest BCUT2D eigenvalue weighted by Crippen LogP contribution is 2.45. The van der Waals surface area contributed by atoms with Crippen LogP contribution in [0.25, 0.3) is 0 Å². The zero-order chi connectivity index (χ0) is 85.1. The fourth-order valence-electron chi connectivity index (χ4n) is 12.2. The molecule has 668 valence electrons. The molecule has 0 heterocycles. The summed E-state index contributed by atoms with van der Waals surface area (Å²) in [5, 5.41) is 20.7. The van der Waals surface area contributed by atoms with Crippen molar-refractivity contribution in [1.29, 1.82) is 0 Å². The van der Waals surface area contributed by atoms with Crippen molar-refractivity contribution in [2.45, 2.75) is 386 Å². The van der Waals surface area contributed by atoms with Crippen LogP contribution in [-0.2, 0) is 55.8 Å². The van der Waals surface area contributed by atoms with Gasteiger partial charge in [0.05, 0.1) is 26.4 Å². The molecule has 0 aromatic rings. The van der Waals surface area contributed by atoms with Gasteiger partial charge < -0.3 is 34.2 Å². The normalized spacial score (nSPS) is 14.6. The summed E-state index contributed by atoms with van der Waals surface area (Å²) in [7, 11) is -9.83. The number of unbranched alkanes of at least 4 members (excludes halogenated alkanes) is 33.